The van der Waals surface area contributed by atoms with Crippen molar-refractivity contribution in [2.24, 2.45) is 0 Å². The van der Waals surface area contributed by atoms with Crippen LogP contribution in [0.25, 0.3) is 0 Å². The van der Waals surface area contributed by atoms with E-state index in [1.807, 2.05) is 0 Å². The molecule has 2 aromatic carbocycles. The highest BCUT2D eigenvalue weighted by Gasteiger charge is 2.26. The average Bonchev–Trinajstić information content (AvgIpc) is 3.27. The number of hydrogen-bond donors (Lipinski definition) is 2. The number of amides is 1. The van der Waals surface area contributed by atoms with E-state index in [4.69, 9.17) is 28.9 Å². The van der Waals surface area contributed by atoms with Gasteiger partial charge in [0.1, 0.15) is 0 Å². The third-order valence-electron chi connectivity index (χ3n) is 5.34. The molecule has 0 aromatic heterocycles. The number of sulfonamides is 1. The Kier molecular flexibility index (Phi) is 7.36. The van der Waals surface area contributed by atoms with Crippen molar-refractivity contribution in [2.45, 2.75) is 31.6 Å². The van der Waals surface area contributed by atoms with Gasteiger partial charge in [-0.2, -0.15) is 4.31 Å². The zero-order chi connectivity index (χ0) is 22.8. The largest absolute Gasteiger partial charge is 0.396 e. The van der Waals surface area contributed by atoms with Crippen molar-refractivity contribution in [3.63, 3.8) is 0 Å². The molecule has 0 unspecified atom stereocenters. The van der Waals surface area contributed by atoms with Crippen molar-refractivity contribution < 1.29 is 13.2 Å². The lowest BCUT2D eigenvalue weighted by Crippen LogP contribution is -2.31. The molecule has 1 aliphatic heterocycles. The van der Waals surface area contributed by atoms with E-state index in [9.17, 15) is 13.2 Å². The summed E-state index contributed by atoms with van der Waals surface area (Å²) in [5, 5.41) is 3.21. The van der Waals surface area contributed by atoms with Crippen molar-refractivity contribution in [3.05, 3.63) is 45.9 Å². The van der Waals surface area contributed by atoms with E-state index >= 15 is 0 Å². The molecular weight excluding hydrogens is 459 g/mol. The fourth-order valence-electron chi connectivity index (χ4n) is 3.66. The summed E-state index contributed by atoms with van der Waals surface area (Å²) in [6, 6.07) is 7.73. The predicted octanol–water partition coefficient (Wildman–Crippen LogP) is 4.46. The monoisotopic (exact) mass is 484 g/mol. The average molecular weight is 485 g/mol. The number of nitrogens with one attached hydrogen (secondary N) is 1. The number of anilines is 3. The Bertz CT molecular complexity index is 1060. The van der Waals surface area contributed by atoms with E-state index < -0.39 is 15.9 Å². The van der Waals surface area contributed by atoms with Crippen LogP contribution in [0.5, 0.6) is 0 Å². The molecule has 1 saturated heterocycles. The summed E-state index contributed by atoms with van der Waals surface area (Å²) in [5.41, 5.74) is 7.34. The van der Waals surface area contributed by atoms with Gasteiger partial charge in [-0.15, -0.1) is 0 Å². The van der Waals surface area contributed by atoms with Crippen LogP contribution in [0.15, 0.2) is 35.2 Å². The molecule has 0 saturated carbocycles. The molecule has 0 aliphatic carbocycles. The van der Waals surface area contributed by atoms with Gasteiger partial charge in [-0.1, -0.05) is 37.0 Å². The van der Waals surface area contributed by atoms with Crippen molar-refractivity contribution in [3.8, 4) is 0 Å². The molecule has 1 fully saturated rings. The fraction of sp³-hybridized carbons (Fsp3) is 0.381. The number of halogens is 2. The van der Waals surface area contributed by atoms with Crippen LogP contribution in [0.4, 0.5) is 17.1 Å². The maximum absolute atomic E-state index is 13.2. The molecule has 31 heavy (non-hydrogen) atoms. The first-order valence-electron chi connectivity index (χ1n) is 10.1. The number of rotatable bonds is 7. The quantitative estimate of drug-likeness (QED) is 0.565. The molecule has 7 nitrogen and oxygen atoms in total. The van der Waals surface area contributed by atoms with E-state index in [0.29, 0.717) is 24.5 Å². The lowest BCUT2D eigenvalue weighted by Gasteiger charge is -2.23. The highest BCUT2D eigenvalue weighted by atomic mass is 35.5. The number of nitrogens with zero attached hydrogens (tertiary/aromatic N) is 2. The maximum atomic E-state index is 13.2. The van der Waals surface area contributed by atoms with Crippen LogP contribution < -0.4 is 16.0 Å². The predicted molar refractivity (Wildman–Crippen MR) is 127 cm³/mol. The van der Waals surface area contributed by atoms with Gasteiger partial charge in [0.05, 0.1) is 26.2 Å². The molecule has 168 valence electrons. The second-order valence-corrected chi connectivity index (χ2v) is 10.0. The second kappa shape index (κ2) is 9.65. The molecule has 0 bridgehead atoms. The van der Waals surface area contributed by atoms with Gasteiger partial charge in [0.25, 0.3) is 5.91 Å². The lowest BCUT2D eigenvalue weighted by molar-refractivity contribution is 0.102. The Morgan fingerprint density at radius 3 is 2.23 bits per heavy atom. The molecule has 1 amide bonds. The van der Waals surface area contributed by atoms with Crippen LogP contribution in [0.1, 0.15) is 37.0 Å². The van der Waals surface area contributed by atoms with Crippen LogP contribution in [0, 0.1) is 0 Å². The van der Waals surface area contributed by atoms with Crippen molar-refractivity contribution >= 4 is 56.2 Å². The molecule has 3 N–H and O–H groups in total. The number of carbonyl (C=O) groups excluding carboxylic acids is 1. The summed E-state index contributed by atoms with van der Waals surface area (Å²) in [7, 11) is -3.71. The van der Waals surface area contributed by atoms with Gasteiger partial charge in [0.15, 0.2) is 0 Å². The maximum Gasteiger partial charge on any atom is 0.257 e. The first kappa shape index (κ1) is 23.7. The summed E-state index contributed by atoms with van der Waals surface area (Å²) >= 11 is 12.2. The summed E-state index contributed by atoms with van der Waals surface area (Å²) in [4.78, 5) is 15.4. The number of nitrogen functional groups attached to an aromatic ring is 1. The van der Waals surface area contributed by atoms with Gasteiger partial charge in [0, 0.05) is 37.6 Å². The van der Waals surface area contributed by atoms with Crippen molar-refractivity contribution in [2.75, 3.05) is 42.1 Å². The Labute approximate surface area is 193 Å². The van der Waals surface area contributed by atoms with Gasteiger partial charge in [-0.3, -0.25) is 4.79 Å². The highest BCUT2D eigenvalue weighted by molar-refractivity contribution is 7.89. The van der Waals surface area contributed by atoms with E-state index in [1.54, 1.807) is 26.0 Å². The SMILES string of the molecule is CCN(CC)S(=O)(=O)c1ccc(N2CCCC2)c(C(=O)Nc2cc(Cl)c(N)c(Cl)c2)c1. The minimum Gasteiger partial charge on any atom is -0.396 e. The molecule has 1 heterocycles. The van der Waals surface area contributed by atoms with Crippen LogP contribution in [-0.2, 0) is 10.0 Å². The summed E-state index contributed by atoms with van der Waals surface area (Å²) in [6.07, 6.45) is 2.04. The van der Waals surface area contributed by atoms with Crippen LogP contribution in [0.2, 0.25) is 10.0 Å². The minimum atomic E-state index is -3.71. The second-order valence-electron chi connectivity index (χ2n) is 7.27. The van der Waals surface area contributed by atoms with E-state index in [0.717, 1.165) is 25.9 Å². The third kappa shape index (κ3) is 4.92. The molecule has 0 spiro atoms. The summed E-state index contributed by atoms with van der Waals surface area (Å²) < 4.78 is 27.4. The Hall–Kier alpha value is -2.00. The standard InChI is InChI=1S/C21H26Cl2N4O3S/c1-3-27(4-2)31(29,30)15-7-8-19(26-9-5-6-10-26)16(13-15)21(28)25-14-11-17(22)20(24)18(23)12-14/h7-8,11-13H,3-6,9-10,24H2,1-2H3,(H,25,28). The molecule has 0 radical (unpaired) electrons. The summed E-state index contributed by atoms with van der Waals surface area (Å²) in [6.45, 7) is 5.86. The van der Waals surface area contributed by atoms with Gasteiger partial charge < -0.3 is 16.0 Å². The normalized spacial score (nSPS) is 14.3. The highest BCUT2D eigenvalue weighted by Crippen LogP contribution is 2.33. The number of benzene rings is 2. The van der Waals surface area contributed by atoms with E-state index in [1.165, 1.54) is 22.5 Å². The minimum absolute atomic E-state index is 0.0812. The van der Waals surface area contributed by atoms with Crippen molar-refractivity contribution in [1.29, 1.82) is 0 Å². The van der Waals surface area contributed by atoms with Gasteiger partial charge in [-0.25, -0.2) is 8.42 Å². The van der Waals surface area contributed by atoms with E-state index in [2.05, 4.69) is 10.2 Å². The molecule has 0 atom stereocenters. The molecular formula is C21H26Cl2N4O3S. The first-order valence-corrected chi connectivity index (χ1v) is 12.3. The zero-order valence-electron chi connectivity index (χ0n) is 17.5. The molecule has 10 heteroatoms. The Morgan fingerprint density at radius 2 is 1.68 bits per heavy atom. The fourth-order valence-corrected chi connectivity index (χ4v) is 5.63. The smallest absolute Gasteiger partial charge is 0.257 e. The summed E-state index contributed by atoms with van der Waals surface area (Å²) in [5.74, 6) is -0.449. The lowest BCUT2D eigenvalue weighted by atomic mass is 10.1. The molecule has 1 aliphatic rings. The molecule has 3 rings (SSSR count). The third-order valence-corrected chi connectivity index (χ3v) is 8.01. The Balaban J connectivity index is 2.04. The number of hydrogen-bond acceptors (Lipinski definition) is 5. The number of nitrogens with two attached hydrogens (primary N) is 1. The van der Waals surface area contributed by atoms with Crippen LogP contribution >= 0.6 is 23.2 Å². The Morgan fingerprint density at radius 1 is 1.10 bits per heavy atom. The van der Waals surface area contributed by atoms with Gasteiger partial charge in [-0.05, 0) is 43.2 Å². The first-order chi connectivity index (χ1) is 14.7. The number of carbonyl (C=O) groups is 1. The van der Waals surface area contributed by atoms with Crippen molar-refractivity contribution in [1.82, 2.24) is 4.31 Å². The van der Waals surface area contributed by atoms with E-state index in [-0.39, 0.29) is 26.2 Å². The topological polar surface area (TPSA) is 95.7 Å². The molecule has 2 aromatic rings. The van der Waals surface area contributed by atoms with Crippen LogP contribution in [-0.4, -0.2) is 44.8 Å². The van der Waals surface area contributed by atoms with Crippen LogP contribution in [0.3, 0.4) is 0 Å². The zero-order valence-corrected chi connectivity index (χ0v) is 19.8. The van der Waals surface area contributed by atoms with Gasteiger partial charge in [0.2, 0.25) is 10.0 Å². The van der Waals surface area contributed by atoms with Gasteiger partial charge >= 0.3 is 0 Å².